The van der Waals surface area contributed by atoms with Crippen LogP contribution in [-0.4, -0.2) is 48.1 Å². The van der Waals surface area contributed by atoms with Crippen molar-refractivity contribution in [3.8, 4) is 0 Å². The van der Waals surface area contributed by atoms with E-state index in [1.165, 1.54) is 0 Å². The van der Waals surface area contributed by atoms with Gasteiger partial charge in [0.05, 0.1) is 17.6 Å². The van der Waals surface area contributed by atoms with Crippen LogP contribution in [0, 0.1) is 20.8 Å². The number of amides is 2. The van der Waals surface area contributed by atoms with Crippen LogP contribution < -0.4 is 5.32 Å². The fraction of sp³-hybridized carbons (Fsp3) is 0.389. The molecule has 1 aliphatic rings. The van der Waals surface area contributed by atoms with Crippen molar-refractivity contribution in [1.82, 2.24) is 15.2 Å². The number of aromatic nitrogens is 1. The van der Waals surface area contributed by atoms with Gasteiger partial charge < -0.3 is 15.0 Å². The smallest absolute Gasteiger partial charge is 0.409 e. The lowest BCUT2D eigenvalue weighted by Crippen LogP contribution is -2.35. The number of hydrogen-bond acceptors (Lipinski definition) is 4. The van der Waals surface area contributed by atoms with Gasteiger partial charge in [-0.3, -0.25) is 9.78 Å². The van der Waals surface area contributed by atoms with Crippen LogP contribution in [0.4, 0.5) is 4.79 Å². The number of carbonyl (C=O) groups is 2. The fourth-order valence-corrected chi connectivity index (χ4v) is 3.03. The van der Waals surface area contributed by atoms with Crippen molar-refractivity contribution < 1.29 is 14.3 Å². The van der Waals surface area contributed by atoms with Gasteiger partial charge in [-0.1, -0.05) is 11.6 Å². The molecule has 1 saturated heterocycles. The molecular weight excluding hydrogens is 306 g/mol. The third kappa shape index (κ3) is 3.18. The van der Waals surface area contributed by atoms with Crippen LogP contribution in [-0.2, 0) is 4.74 Å². The van der Waals surface area contributed by atoms with Crippen molar-refractivity contribution in [2.24, 2.45) is 0 Å². The van der Waals surface area contributed by atoms with Crippen molar-refractivity contribution >= 4 is 22.9 Å². The summed E-state index contributed by atoms with van der Waals surface area (Å²) in [6.07, 6.45) is -0.319. The Kier molecular flexibility index (Phi) is 4.38. The zero-order valence-corrected chi connectivity index (χ0v) is 14.2. The number of nitrogens with one attached hydrogen (secondary N) is 1. The second-order valence-corrected chi connectivity index (χ2v) is 6.15. The number of benzene rings is 1. The minimum absolute atomic E-state index is 0.150. The van der Waals surface area contributed by atoms with Crippen molar-refractivity contribution in [3.63, 3.8) is 0 Å². The average molecular weight is 327 g/mol. The Balaban J connectivity index is 1.80. The highest BCUT2D eigenvalue weighted by Crippen LogP contribution is 2.23. The van der Waals surface area contributed by atoms with Crippen LogP contribution in [0.1, 0.15) is 27.2 Å². The van der Waals surface area contributed by atoms with E-state index in [0.717, 1.165) is 27.7 Å². The molecule has 1 aromatic carbocycles. The van der Waals surface area contributed by atoms with Gasteiger partial charge in [0.15, 0.2) is 0 Å². The van der Waals surface area contributed by atoms with E-state index in [2.05, 4.69) is 16.4 Å². The van der Waals surface area contributed by atoms with E-state index in [1.807, 2.05) is 26.8 Å². The molecule has 24 heavy (non-hydrogen) atoms. The third-order valence-electron chi connectivity index (χ3n) is 4.13. The molecule has 1 aromatic heterocycles. The molecule has 0 atom stereocenters. The zero-order chi connectivity index (χ0) is 17.3. The van der Waals surface area contributed by atoms with E-state index in [-0.39, 0.29) is 12.0 Å². The summed E-state index contributed by atoms with van der Waals surface area (Å²) in [5.41, 5.74) is 4.44. The van der Waals surface area contributed by atoms with Gasteiger partial charge >= 0.3 is 6.09 Å². The first-order valence-corrected chi connectivity index (χ1v) is 8.04. The van der Waals surface area contributed by atoms with E-state index in [0.29, 0.717) is 31.8 Å². The number of aryl methyl sites for hydroxylation is 3. The summed E-state index contributed by atoms with van der Waals surface area (Å²) in [5, 5.41) is 3.75. The van der Waals surface area contributed by atoms with Crippen LogP contribution in [0.5, 0.6) is 0 Å². The van der Waals surface area contributed by atoms with Crippen LogP contribution in [0.25, 0.3) is 10.9 Å². The molecule has 1 N–H and O–H groups in total. The summed E-state index contributed by atoms with van der Waals surface area (Å²) in [5.74, 6) is -0.150. The average Bonchev–Trinajstić information content (AvgIpc) is 2.92. The molecular formula is C18H21N3O3. The minimum Gasteiger partial charge on any atom is -0.448 e. The van der Waals surface area contributed by atoms with Crippen molar-refractivity contribution in [2.75, 3.05) is 26.2 Å². The van der Waals surface area contributed by atoms with Gasteiger partial charge in [-0.05, 0) is 38.5 Å². The monoisotopic (exact) mass is 327 g/mol. The first-order valence-electron chi connectivity index (χ1n) is 8.04. The Morgan fingerprint density at radius 3 is 2.79 bits per heavy atom. The van der Waals surface area contributed by atoms with Gasteiger partial charge in [-0.2, -0.15) is 0 Å². The van der Waals surface area contributed by atoms with Crippen LogP contribution in [0.2, 0.25) is 0 Å². The number of carbonyl (C=O) groups excluding carboxylic acids is 2. The second-order valence-electron chi connectivity index (χ2n) is 6.15. The highest BCUT2D eigenvalue weighted by Gasteiger charge is 2.21. The lowest BCUT2D eigenvalue weighted by Gasteiger charge is -2.14. The SMILES string of the molecule is Cc1cc(C)c2nc(C)cc(C(=O)NCCN3CCOC3=O)c2c1. The zero-order valence-electron chi connectivity index (χ0n) is 14.2. The second kappa shape index (κ2) is 6.47. The number of hydrogen-bond donors (Lipinski definition) is 1. The van der Waals surface area contributed by atoms with Crippen molar-refractivity contribution in [1.29, 1.82) is 0 Å². The Morgan fingerprint density at radius 1 is 1.29 bits per heavy atom. The molecule has 0 aliphatic carbocycles. The normalized spacial score (nSPS) is 14.1. The van der Waals surface area contributed by atoms with E-state index in [4.69, 9.17) is 4.74 Å². The first kappa shape index (κ1) is 16.2. The van der Waals surface area contributed by atoms with Gasteiger partial charge in [0, 0.05) is 24.2 Å². The molecule has 2 aromatic rings. The molecule has 3 rings (SSSR count). The fourth-order valence-electron chi connectivity index (χ4n) is 3.03. The van der Waals surface area contributed by atoms with E-state index < -0.39 is 0 Å². The Hall–Kier alpha value is -2.63. The Labute approximate surface area is 140 Å². The molecule has 6 heteroatoms. The summed E-state index contributed by atoms with van der Waals surface area (Å²) in [7, 11) is 0. The molecule has 0 bridgehead atoms. The largest absolute Gasteiger partial charge is 0.448 e. The van der Waals surface area contributed by atoms with Crippen molar-refractivity contribution in [2.45, 2.75) is 20.8 Å². The molecule has 0 unspecified atom stereocenters. The molecule has 0 saturated carbocycles. The minimum atomic E-state index is -0.319. The van der Waals surface area contributed by atoms with Gasteiger partial charge in [0.2, 0.25) is 0 Å². The van der Waals surface area contributed by atoms with Crippen LogP contribution in [0.3, 0.4) is 0 Å². The van der Waals surface area contributed by atoms with Crippen LogP contribution >= 0.6 is 0 Å². The predicted octanol–water partition coefficient (Wildman–Crippen LogP) is 2.34. The lowest BCUT2D eigenvalue weighted by atomic mass is 10.0. The number of fused-ring (bicyclic) bond motifs is 1. The first-order chi connectivity index (χ1) is 11.5. The highest BCUT2D eigenvalue weighted by atomic mass is 16.6. The van der Waals surface area contributed by atoms with Gasteiger partial charge in [0.25, 0.3) is 5.91 Å². The Morgan fingerprint density at radius 2 is 2.08 bits per heavy atom. The third-order valence-corrected chi connectivity index (χ3v) is 4.13. The summed E-state index contributed by atoms with van der Waals surface area (Å²) in [6.45, 7) is 7.72. The molecule has 1 aliphatic heterocycles. The van der Waals surface area contributed by atoms with Crippen molar-refractivity contribution in [3.05, 3.63) is 40.6 Å². The van der Waals surface area contributed by atoms with Gasteiger partial charge in [-0.25, -0.2) is 4.79 Å². The number of rotatable bonds is 4. The maximum absolute atomic E-state index is 12.6. The van der Waals surface area contributed by atoms with E-state index in [9.17, 15) is 9.59 Å². The van der Waals surface area contributed by atoms with E-state index in [1.54, 1.807) is 11.0 Å². The summed E-state index contributed by atoms with van der Waals surface area (Å²) < 4.78 is 4.87. The molecule has 2 amide bonds. The predicted molar refractivity (Wildman–Crippen MR) is 91.2 cm³/mol. The topological polar surface area (TPSA) is 71.5 Å². The maximum Gasteiger partial charge on any atom is 0.409 e. The van der Waals surface area contributed by atoms with Crippen LogP contribution in [0.15, 0.2) is 18.2 Å². The molecule has 6 nitrogen and oxygen atoms in total. The molecule has 2 heterocycles. The lowest BCUT2D eigenvalue weighted by molar-refractivity contribution is 0.0950. The molecule has 0 radical (unpaired) electrons. The molecule has 126 valence electrons. The maximum atomic E-state index is 12.6. The quantitative estimate of drug-likeness (QED) is 0.935. The molecule has 0 spiro atoms. The summed E-state index contributed by atoms with van der Waals surface area (Å²) in [4.78, 5) is 30.2. The van der Waals surface area contributed by atoms with Gasteiger partial charge in [0.1, 0.15) is 6.61 Å². The van der Waals surface area contributed by atoms with Gasteiger partial charge in [-0.15, -0.1) is 0 Å². The standard InChI is InChI=1S/C18H21N3O3/c1-11-8-12(2)16-14(9-11)15(10-13(3)20-16)17(22)19-4-5-21-6-7-24-18(21)23/h8-10H,4-7H2,1-3H3,(H,19,22). The highest BCUT2D eigenvalue weighted by molar-refractivity contribution is 6.07. The van der Waals surface area contributed by atoms with E-state index >= 15 is 0 Å². The summed E-state index contributed by atoms with van der Waals surface area (Å²) in [6, 6.07) is 5.86. The summed E-state index contributed by atoms with van der Waals surface area (Å²) >= 11 is 0. The molecule has 1 fully saturated rings. The number of cyclic esters (lactones) is 1. The number of pyridine rings is 1. The number of nitrogens with zero attached hydrogens (tertiary/aromatic N) is 2. The number of ether oxygens (including phenoxy) is 1. The Bertz CT molecular complexity index is 817.